The molecule has 2 rings (SSSR count). The fourth-order valence-corrected chi connectivity index (χ4v) is 4.44. The SMILES string of the molecule is CC(CNS(=O)(=O)c1cnc(Cl)s1)N1CCCC1. The van der Waals surface area contributed by atoms with Crippen LogP contribution in [0.5, 0.6) is 0 Å². The van der Waals surface area contributed by atoms with Crippen molar-refractivity contribution in [2.75, 3.05) is 19.6 Å². The predicted molar refractivity (Wildman–Crippen MR) is 72.6 cm³/mol. The van der Waals surface area contributed by atoms with E-state index in [1.165, 1.54) is 19.0 Å². The molecule has 0 bridgehead atoms. The smallest absolute Gasteiger partial charge is 0.251 e. The van der Waals surface area contributed by atoms with Crippen molar-refractivity contribution in [1.82, 2.24) is 14.6 Å². The molecule has 1 aliphatic rings. The van der Waals surface area contributed by atoms with Crippen molar-refractivity contribution < 1.29 is 8.42 Å². The van der Waals surface area contributed by atoms with Crippen LogP contribution in [0.1, 0.15) is 19.8 Å². The van der Waals surface area contributed by atoms with E-state index in [1.54, 1.807) is 0 Å². The van der Waals surface area contributed by atoms with E-state index in [0.717, 1.165) is 24.4 Å². The fraction of sp³-hybridized carbons (Fsp3) is 0.700. The molecule has 2 heterocycles. The van der Waals surface area contributed by atoms with Gasteiger partial charge in [0.1, 0.15) is 0 Å². The van der Waals surface area contributed by atoms with Gasteiger partial charge in [0.2, 0.25) is 0 Å². The molecule has 0 aliphatic carbocycles. The van der Waals surface area contributed by atoms with E-state index < -0.39 is 10.0 Å². The van der Waals surface area contributed by atoms with E-state index in [1.807, 2.05) is 6.92 Å². The lowest BCUT2D eigenvalue weighted by molar-refractivity contribution is 0.260. The van der Waals surface area contributed by atoms with Gasteiger partial charge in [-0.15, -0.1) is 0 Å². The molecular formula is C10H16ClN3O2S2. The second kappa shape index (κ2) is 5.83. The number of nitrogens with one attached hydrogen (secondary N) is 1. The minimum atomic E-state index is -3.47. The summed E-state index contributed by atoms with van der Waals surface area (Å²) in [6.07, 6.45) is 3.68. The van der Waals surface area contributed by atoms with Gasteiger partial charge >= 0.3 is 0 Å². The van der Waals surface area contributed by atoms with Gasteiger partial charge in [-0.2, -0.15) is 0 Å². The first-order valence-corrected chi connectivity index (χ1v) is 8.52. The quantitative estimate of drug-likeness (QED) is 0.896. The minimum absolute atomic E-state index is 0.168. The number of aromatic nitrogens is 1. The molecule has 18 heavy (non-hydrogen) atoms. The molecule has 1 aliphatic heterocycles. The van der Waals surface area contributed by atoms with Crippen LogP contribution in [0.25, 0.3) is 0 Å². The Morgan fingerprint density at radius 2 is 2.22 bits per heavy atom. The minimum Gasteiger partial charge on any atom is -0.299 e. The summed E-state index contributed by atoms with van der Waals surface area (Å²) in [4.78, 5) is 6.04. The molecule has 5 nitrogen and oxygen atoms in total. The van der Waals surface area contributed by atoms with Crippen LogP contribution >= 0.6 is 22.9 Å². The molecule has 1 aromatic heterocycles. The maximum Gasteiger partial charge on any atom is 0.251 e. The summed E-state index contributed by atoms with van der Waals surface area (Å²) >= 11 is 6.61. The summed E-state index contributed by atoms with van der Waals surface area (Å²) in [6, 6.07) is 0.214. The molecule has 0 saturated carbocycles. The van der Waals surface area contributed by atoms with Crippen LogP contribution in [0.2, 0.25) is 4.47 Å². The number of nitrogens with zero attached hydrogens (tertiary/aromatic N) is 2. The molecule has 0 amide bonds. The molecular weight excluding hydrogens is 294 g/mol. The van der Waals surface area contributed by atoms with Crippen LogP contribution in [0.4, 0.5) is 0 Å². The monoisotopic (exact) mass is 309 g/mol. The standard InChI is InChI=1S/C10H16ClN3O2S2/c1-8(14-4-2-3-5-14)6-13-18(15,16)9-7-12-10(11)17-9/h7-8,13H,2-6H2,1H3. The van der Waals surface area contributed by atoms with Crippen LogP contribution in [0, 0.1) is 0 Å². The maximum atomic E-state index is 11.9. The maximum absolute atomic E-state index is 11.9. The first kappa shape index (κ1) is 14.2. The summed E-state index contributed by atoms with van der Waals surface area (Å²) in [7, 11) is -3.47. The third kappa shape index (κ3) is 3.42. The number of sulfonamides is 1. The molecule has 102 valence electrons. The van der Waals surface area contributed by atoms with Gasteiger partial charge in [-0.05, 0) is 32.9 Å². The van der Waals surface area contributed by atoms with Crippen LogP contribution < -0.4 is 4.72 Å². The van der Waals surface area contributed by atoms with Crippen molar-refractivity contribution in [3.05, 3.63) is 10.7 Å². The number of halogens is 1. The Morgan fingerprint density at radius 1 is 1.56 bits per heavy atom. The van der Waals surface area contributed by atoms with E-state index in [0.29, 0.717) is 6.54 Å². The van der Waals surface area contributed by atoms with Gasteiger partial charge in [0.25, 0.3) is 10.0 Å². The molecule has 1 aromatic rings. The van der Waals surface area contributed by atoms with E-state index in [2.05, 4.69) is 14.6 Å². The van der Waals surface area contributed by atoms with Gasteiger partial charge in [0.15, 0.2) is 8.68 Å². The third-order valence-corrected chi connectivity index (χ3v) is 6.05. The lowest BCUT2D eigenvalue weighted by Gasteiger charge is -2.23. The molecule has 1 N–H and O–H groups in total. The van der Waals surface area contributed by atoms with Gasteiger partial charge in [-0.3, -0.25) is 4.90 Å². The molecule has 0 spiro atoms. The zero-order valence-corrected chi connectivity index (χ0v) is 12.5. The van der Waals surface area contributed by atoms with Crippen molar-refractivity contribution in [1.29, 1.82) is 0 Å². The molecule has 0 radical (unpaired) electrons. The van der Waals surface area contributed by atoms with Crippen LogP contribution in [0.3, 0.4) is 0 Å². The second-order valence-electron chi connectivity index (χ2n) is 4.38. The number of rotatable bonds is 5. The topological polar surface area (TPSA) is 62.3 Å². The highest BCUT2D eigenvalue weighted by molar-refractivity contribution is 7.91. The van der Waals surface area contributed by atoms with Gasteiger partial charge in [0, 0.05) is 12.6 Å². The Labute approximate surface area is 116 Å². The Balaban J connectivity index is 1.92. The highest BCUT2D eigenvalue weighted by Gasteiger charge is 2.22. The average Bonchev–Trinajstić information content (AvgIpc) is 2.96. The van der Waals surface area contributed by atoms with E-state index in [9.17, 15) is 8.42 Å². The number of likely N-dealkylation sites (tertiary alicyclic amines) is 1. The first-order chi connectivity index (χ1) is 8.49. The lowest BCUT2D eigenvalue weighted by atomic mass is 10.3. The summed E-state index contributed by atoms with van der Waals surface area (Å²) in [5, 5.41) is 0. The van der Waals surface area contributed by atoms with E-state index >= 15 is 0 Å². The molecule has 1 fully saturated rings. The third-order valence-electron chi connectivity index (χ3n) is 3.05. The number of hydrogen-bond acceptors (Lipinski definition) is 5. The summed E-state index contributed by atoms with van der Waals surface area (Å²) < 4.78 is 26.9. The molecule has 1 saturated heterocycles. The zero-order chi connectivity index (χ0) is 13.2. The van der Waals surface area contributed by atoms with Crippen LogP contribution in [0.15, 0.2) is 10.4 Å². The number of hydrogen-bond donors (Lipinski definition) is 1. The molecule has 8 heteroatoms. The normalized spacial score (nSPS) is 19.2. The van der Waals surface area contributed by atoms with Crippen molar-refractivity contribution in [3.63, 3.8) is 0 Å². The van der Waals surface area contributed by atoms with E-state index in [-0.39, 0.29) is 14.7 Å². The molecule has 1 atom stereocenters. The number of thiazole rings is 1. The lowest BCUT2D eigenvalue weighted by Crippen LogP contribution is -2.40. The Kier molecular flexibility index (Phi) is 4.60. The Hall–Kier alpha value is -0.210. The molecule has 0 aromatic carbocycles. The largest absolute Gasteiger partial charge is 0.299 e. The average molecular weight is 310 g/mol. The highest BCUT2D eigenvalue weighted by atomic mass is 35.5. The van der Waals surface area contributed by atoms with Gasteiger partial charge in [-0.1, -0.05) is 22.9 Å². The van der Waals surface area contributed by atoms with Gasteiger partial charge in [-0.25, -0.2) is 18.1 Å². The van der Waals surface area contributed by atoms with Crippen molar-refractivity contribution >= 4 is 33.0 Å². The first-order valence-electron chi connectivity index (χ1n) is 5.84. The Morgan fingerprint density at radius 3 is 2.78 bits per heavy atom. The van der Waals surface area contributed by atoms with E-state index in [4.69, 9.17) is 11.6 Å². The van der Waals surface area contributed by atoms with Crippen molar-refractivity contribution in [3.8, 4) is 0 Å². The summed E-state index contributed by atoms with van der Waals surface area (Å²) in [5.41, 5.74) is 0. The second-order valence-corrected chi connectivity index (χ2v) is 7.98. The van der Waals surface area contributed by atoms with Crippen LogP contribution in [-0.2, 0) is 10.0 Å². The fourth-order valence-electron chi connectivity index (χ4n) is 1.98. The van der Waals surface area contributed by atoms with Crippen molar-refractivity contribution in [2.45, 2.75) is 30.0 Å². The van der Waals surface area contributed by atoms with Crippen molar-refractivity contribution in [2.24, 2.45) is 0 Å². The van der Waals surface area contributed by atoms with Crippen LogP contribution in [-0.4, -0.2) is 44.0 Å². The zero-order valence-electron chi connectivity index (χ0n) is 10.1. The summed E-state index contributed by atoms with van der Waals surface area (Å²) in [5.74, 6) is 0. The Bertz CT molecular complexity index is 497. The highest BCUT2D eigenvalue weighted by Crippen LogP contribution is 2.22. The van der Waals surface area contributed by atoms with Gasteiger partial charge in [0.05, 0.1) is 6.20 Å². The molecule has 1 unspecified atom stereocenters. The summed E-state index contributed by atoms with van der Waals surface area (Å²) in [6.45, 7) is 4.55. The predicted octanol–water partition coefficient (Wildman–Crippen LogP) is 1.56. The van der Waals surface area contributed by atoms with Gasteiger partial charge < -0.3 is 0 Å².